The van der Waals surface area contributed by atoms with E-state index in [9.17, 15) is 15.0 Å². The van der Waals surface area contributed by atoms with Crippen molar-refractivity contribution in [1.82, 2.24) is 0 Å². The van der Waals surface area contributed by atoms with E-state index in [0.717, 1.165) is 24.8 Å². The molecule has 0 spiro atoms. The molecule has 2 saturated carbocycles. The van der Waals surface area contributed by atoms with Crippen LogP contribution in [0.25, 0.3) is 0 Å². The lowest BCUT2D eigenvalue weighted by atomic mass is 9.43. The minimum absolute atomic E-state index is 0.0340. The first-order valence-corrected chi connectivity index (χ1v) is 9.37. The number of ether oxygens (including phenoxy) is 1. The summed E-state index contributed by atoms with van der Waals surface area (Å²) in [6, 6.07) is 0. The number of carbonyl (C=O) groups excluding carboxylic acids is 1. The van der Waals surface area contributed by atoms with E-state index in [-0.39, 0.29) is 34.7 Å². The number of carbonyl (C=O) groups is 1. The molecule has 0 aromatic carbocycles. The van der Waals surface area contributed by atoms with Gasteiger partial charge in [-0.05, 0) is 54.9 Å². The Kier molecular flexibility index (Phi) is 4.37. The molecule has 4 heteroatoms. The lowest BCUT2D eigenvalue weighted by Gasteiger charge is -2.64. The fourth-order valence-corrected chi connectivity index (χ4v) is 6.21. The maximum absolute atomic E-state index is 11.8. The maximum atomic E-state index is 11.8. The molecular weight excluding hydrogens is 304 g/mol. The summed E-state index contributed by atoms with van der Waals surface area (Å²) in [5.41, 5.74) is -0.106. The Hall–Kier alpha value is -0.870. The van der Waals surface area contributed by atoms with Crippen LogP contribution in [0.2, 0.25) is 0 Å². The van der Waals surface area contributed by atoms with E-state index in [1.807, 2.05) is 0 Å². The minimum atomic E-state index is -0.818. The minimum Gasteiger partial charge on any atom is -0.458 e. The van der Waals surface area contributed by atoms with Crippen molar-refractivity contribution in [2.75, 3.05) is 6.61 Å². The standard InChI is InChI=1S/C20H32O4/c1-13-10-15(21)17-18(2,3)7-5-8-19(17,4)20(13,23)9-6-14-11-16(22)24-12-14/h11,13,15,17,21,23H,5-10,12H2,1-4H3. The molecule has 0 amide bonds. The van der Waals surface area contributed by atoms with Crippen LogP contribution in [0.1, 0.15) is 66.2 Å². The first-order chi connectivity index (χ1) is 11.1. The van der Waals surface area contributed by atoms with Crippen LogP contribution in [0, 0.1) is 22.7 Å². The van der Waals surface area contributed by atoms with Gasteiger partial charge in [0.15, 0.2) is 0 Å². The maximum Gasteiger partial charge on any atom is 0.331 e. The van der Waals surface area contributed by atoms with Gasteiger partial charge in [-0.2, -0.15) is 0 Å². The highest BCUT2D eigenvalue weighted by atomic mass is 16.5. The largest absolute Gasteiger partial charge is 0.458 e. The Balaban J connectivity index is 1.89. The van der Waals surface area contributed by atoms with Crippen LogP contribution < -0.4 is 0 Å². The van der Waals surface area contributed by atoms with E-state index in [1.54, 1.807) is 6.08 Å². The fourth-order valence-electron chi connectivity index (χ4n) is 6.21. The van der Waals surface area contributed by atoms with Crippen LogP contribution in [0.4, 0.5) is 0 Å². The van der Waals surface area contributed by atoms with Crippen LogP contribution in [-0.2, 0) is 9.53 Å². The van der Waals surface area contributed by atoms with Crippen LogP contribution >= 0.6 is 0 Å². The molecule has 3 rings (SSSR count). The van der Waals surface area contributed by atoms with Crippen LogP contribution in [0.15, 0.2) is 11.6 Å². The second kappa shape index (κ2) is 5.84. The molecule has 1 heterocycles. The van der Waals surface area contributed by atoms with Crippen molar-refractivity contribution in [1.29, 1.82) is 0 Å². The summed E-state index contributed by atoms with van der Waals surface area (Å²) >= 11 is 0. The molecular formula is C20H32O4. The predicted octanol–water partition coefficient (Wildman–Crippen LogP) is 3.21. The molecule has 0 saturated heterocycles. The van der Waals surface area contributed by atoms with E-state index in [0.29, 0.717) is 25.9 Å². The summed E-state index contributed by atoms with van der Waals surface area (Å²) in [5, 5.41) is 22.6. The van der Waals surface area contributed by atoms with Crippen molar-refractivity contribution in [3.63, 3.8) is 0 Å². The van der Waals surface area contributed by atoms with Crippen molar-refractivity contribution < 1.29 is 19.7 Å². The Labute approximate surface area is 145 Å². The summed E-state index contributed by atoms with van der Waals surface area (Å²) in [7, 11) is 0. The molecule has 3 aliphatic rings. The fraction of sp³-hybridized carbons (Fsp3) is 0.850. The topological polar surface area (TPSA) is 66.8 Å². The zero-order valence-electron chi connectivity index (χ0n) is 15.5. The van der Waals surface area contributed by atoms with Gasteiger partial charge >= 0.3 is 5.97 Å². The molecule has 0 bridgehead atoms. The second-order valence-electron chi connectivity index (χ2n) is 9.28. The molecule has 136 valence electrons. The molecule has 1 aliphatic heterocycles. The van der Waals surface area contributed by atoms with E-state index in [4.69, 9.17) is 4.74 Å². The van der Waals surface area contributed by atoms with Crippen LogP contribution in [0.5, 0.6) is 0 Å². The number of fused-ring (bicyclic) bond motifs is 1. The highest BCUT2D eigenvalue weighted by Crippen LogP contribution is 2.63. The molecule has 0 radical (unpaired) electrons. The molecule has 4 nitrogen and oxygen atoms in total. The molecule has 0 aromatic heterocycles. The molecule has 0 aromatic rings. The number of esters is 1. The summed E-state index contributed by atoms with van der Waals surface area (Å²) < 4.78 is 4.99. The van der Waals surface area contributed by atoms with Gasteiger partial charge in [0.05, 0.1) is 11.7 Å². The van der Waals surface area contributed by atoms with Gasteiger partial charge in [0.2, 0.25) is 0 Å². The monoisotopic (exact) mass is 336 g/mol. The summed E-state index contributed by atoms with van der Waals surface area (Å²) in [4.78, 5) is 11.3. The van der Waals surface area contributed by atoms with Gasteiger partial charge in [0.1, 0.15) is 6.61 Å². The van der Waals surface area contributed by atoms with Crippen molar-refractivity contribution in [3.8, 4) is 0 Å². The van der Waals surface area contributed by atoms with Gasteiger partial charge in [-0.1, -0.05) is 34.1 Å². The lowest BCUT2D eigenvalue weighted by Crippen LogP contribution is -2.66. The third kappa shape index (κ3) is 2.62. The zero-order valence-corrected chi connectivity index (χ0v) is 15.5. The normalized spacial score (nSPS) is 44.7. The molecule has 2 fully saturated rings. The Bertz CT molecular complexity index is 552. The summed E-state index contributed by atoms with van der Waals surface area (Å²) in [5.74, 6) is -0.122. The number of rotatable bonds is 3. The molecule has 2 N–H and O–H groups in total. The molecule has 2 aliphatic carbocycles. The zero-order chi connectivity index (χ0) is 17.8. The molecule has 5 atom stereocenters. The second-order valence-corrected chi connectivity index (χ2v) is 9.28. The molecule has 5 unspecified atom stereocenters. The van der Waals surface area contributed by atoms with Gasteiger partial charge in [-0.3, -0.25) is 0 Å². The van der Waals surface area contributed by atoms with E-state index in [1.165, 1.54) is 0 Å². The third-order valence-corrected chi connectivity index (χ3v) is 7.38. The highest BCUT2D eigenvalue weighted by molar-refractivity contribution is 5.85. The van der Waals surface area contributed by atoms with E-state index in [2.05, 4.69) is 27.7 Å². The van der Waals surface area contributed by atoms with Crippen LogP contribution in [-0.4, -0.2) is 34.5 Å². The van der Waals surface area contributed by atoms with E-state index < -0.39 is 5.60 Å². The smallest absolute Gasteiger partial charge is 0.331 e. The number of hydrogen-bond donors (Lipinski definition) is 2. The Morgan fingerprint density at radius 2 is 2.00 bits per heavy atom. The number of aliphatic hydroxyl groups excluding tert-OH is 1. The van der Waals surface area contributed by atoms with Crippen molar-refractivity contribution >= 4 is 5.97 Å². The average molecular weight is 336 g/mol. The first-order valence-electron chi connectivity index (χ1n) is 9.37. The average Bonchev–Trinajstić information content (AvgIpc) is 2.87. The van der Waals surface area contributed by atoms with Gasteiger partial charge in [0.25, 0.3) is 0 Å². The quantitative estimate of drug-likeness (QED) is 0.777. The summed E-state index contributed by atoms with van der Waals surface area (Å²) in [6.07, 6.45) is 6.32. The molecule has 24 heavy (non-hydrogen) atoms. The van der Waals surface area contributed by atoms with Crippen molar-refractivity contribution in [3.05, 3.63) is 11.6 Å². The van der Waals surface area contributed by atoms with Gasteiger partial charge in [-0.15, -0.1) is 0 Å². The Morgan fingerprint density at radius 3 is 2.62 bits per heavy atom. The first kappa shape index (κ1) is 17.9. The number of cyclic esters (lactones) is 1. The summed E-state index contributed by atoms with van der Waals surface area (Å²) in [6.45, 7) is 9.08. The third-order valence-electron chi connectivity index (χ3n) is 7.38. The van der Waals surface area contributed by atoms with Gasteiger partial charge < -0.3 is 14.9 Å². The van der Waals surface area contributed by atoms with Gasteiger partial charge in [0, 0.05) is 11.5 Å². The highest BCUT2D eigenvalue weighted by Gasteiger charge is 2.63. The van der Waals surface area contributed by atoms with Crippen molar-refractivity contribution in [2.24, 2.45) is 22.7 Å². The lowest BCUT2D eigenvalue weighted by molar-refractivity contribution is -0.244. The van der Waals surface area contributed by atoms with Gasteiger partial charge in [-0.25, -0.2) is 4.79 Å². The SMILES string of the molecule is CC1CC(O)C2C(C)(C)CCCC2(C)C1(O)CCC1=CC(=O)OC1. The number of hydrogen-bond acceptors (Lipinski definition) is 4. The van der Waals surface area contributed by atoms with Crippen LogP contribution in [0.3, 0.4) is 0 Å². The predicted molar refractivity (Wildman–Crippen MR) is 92.2 cm³/mol. The number of aliphatic hydroxyl groups is 2. The van der Waals surface area contributed by atoms with Crippen molar-refractivity contribution in [2.45, 2.75) is 77.9 Å². The van der Waals surface area contributed by atoms with E-state index >= 15 is 0 Å². The Morgan fingerprint density at radius 1 is 1.29 bits per heavy atom.